The number of nitrogens with zero attached hydrogens (tertiary/aromatic N) is 1. The molecule has 0 N–H and O–H groups in total. The fraction of sp³-hybridized carbons (Fsp3) is 0.200. The molecule has 0 saturated heterocycles. The Kier molecular flexibility index (Phi) is 3.73. The maximum absolute atomic E-state index is 13.1. The van der Waals surface area contributed by atoms with E-state index in [2.05, 4.69) is 0 Å². The molecule has 2 nitrogen and oxygen atoms in total. The minimum absolute atomic E-state index is 0.301. The van der Waals surface area contributed by atoms with Crippen molar-refractivity contribution in [2.45, 2.75) is 6.18 Å². The highest BCUT2D eigenvalue weighted by Gasteiger charge is 2.36. The van der Waals surface area contributed by atoms with Gasteiger partial charge >= 0.3 is 6.18 Å². The summed E-state index contributed by atoms with van der Waals surface area (Å²) < 4.78 is 50.8. The first-order valence-electron chi connectivity index (χ1n) is 4.21. The van der Waals surface area contributed by atoms with Crippen LogP contribution in [0.1, 0.15) is 21.5 Å². The second-order valence-electron chi connectivity index (χ2n) is 3.04. The average molecular weight is 266 g/mol. The molecule has 1 aromatic rings. The molecular weight excluding hydrogens is 262 g/mol. The molecule has 0 saturated carbocycles. The molecule has 0 atom stereocenters. The monoisotopic (exact) mass is 265 g/mol. The molecule has 1 rings (SSSR count). The topological polar surface area (TPSA) is 40.9 Å². The van der Waals surface area contributed by atoms with Gasteiger partial charge in [0.1, 0.15) is 11.9 Å². The normalized spacial score (nSPS) is 11.1. The third-order valence-electron chi connectivity index (χ3n) is 1.95. The summed E-state index contributed by atoms with van der Waals surface area (Å²) in [5.74, 6) is -2.94. The van der Waals surface area contributed by atoms with Crippen LogP contribution in [0.2, 0.25) is 0 Å². The largest absolute Gasteiger partial charge is 0.417 e. The number of Topliss-reactive ketones (excluding diaryl/α,β-unsaturated/α-hetero) is 1. The van der Waals surface area contributed by atoms with E-state index in [4.69, 9.17) is 16.9 Å². The van der Waals surface area contributed by atoms with E-state index in [0.717, 1.165) is 0 Å². The van der Waals surface area contributed by atoms with Crippen LogP contribution in [0.4, 0.5) is 17.6 Å². The van der Waals surface area contributed by atoms with Crippen molar-refractivity contribution in [3.05, 3.63) is 34.6 Å². The SMILES string of the molecule is N#Cc1cc(C(F)(F)F)c(C(=O)CCl)cc1F. The zero-order chi connectivity index (χ0) is 13.2. The van der Waals surface area contributed by atoms with Crippen LogP contribution < -0.4 is 0 Å². The Hall–Kier alpha value is -1.61. The van der Waals surface area contributed by atoms with Gasteiger partial charge in [0.05, 0.1) is 17.0 Å². The number of alkyl halides is 4. The van der Waals surface area contributed by atoms with Crippen LogP contribution in [0.25, 0.3) is 0 Å². The van der Waals surface area contributed by atoms with E-state index in [-0.39, 0.29) is 0 Å². The molecule has 17 heavy (non-hydrogen) atoms. The highest BCUT2D eigenvalue weighted by molar-refractivity contribution is 6.30. The Labute approximate surface area is 98.4 Å². The van der Waals surface area contributed by atoms with E-state index < -0.39 is 40.3 Å². The summed E-state index contributed by atoms with van der Waals surface area (Å²) in [4.78, 5) is 11.2. The summed E-state index contributed by atoms with van der Waals surface area (Å²) in [6.07, 6.45) is -4.85. The van der Waals surface area contributed by atoms with Gasteiger partial charge in [-0.2, -0.15) is 18.4 Å². The number of benzene rings is 1. The van der Waals surface area contributed by atoms with Gasteiger partial charge in [0, 0.05) is 5.56 Å². The van der Waals surface area contributed by atoms with E-state index in [0.29, 0.717) is 12.1 Å². The lowest BCUT2D eigenvalue weighted by atomic mass is 10.0. The van der Waals surface area contributed by atoms with Crippen LogP contribution >= 0.6 is 11.6 Å². The van der Waals surface area contributed by atoms with Crippen molar-refractivity contribution < 1.29 is 22.4 Å². The fourth-order valence-electron chi connectivity index (χ4n) is 1.20. The third-order valence-corrected chi connectivity index (χ3v) is 2.20. The molecule has 0 bridgehead atoms. The van der Waals surface area contributed by atoms with Crippen molar-refractivity contribution in [3.8, 4) is 6.07 Å². The zero-order valence-corrected chi connectivity index (χ0v) is 8.86. The van der Waals surface area contributed by atoms with Gasteiger partial charge in [-0.1, -0.05) is 0 Å². The summed E-state index contributed by atoms with van der Waals surface area (Å²) >= 11 is 5.13. The lowest BCUT2D eigenvalue weighted by Crippen LogP contribution is -2.15. The van der Waals surface area contributed by atoms with Crippen LogP contribution in [-0.4, -0.2) is 11.7 Å². The molecule has 0 aliphatic rings. The van der Waals surface area contributed by atoms with Gasteiger partial charge in [0.15, 0.2) is 5.78 Å². The molecular formula is C10H4ClF4NO. The Morgan fingerprint density at radius 1 is 1.41 bits per heavy atom. The van der Waals surface area contributed by atoms with Crippen molar-refractivity contribution in [2.24, 2.45) is 0 Å². The zero-order valence-electron chi connectivity index (χ0n) is 8.11. The van der Waals surface area contributed by atoms with Gasteiger partial charge in [-0.05, 0) is 12.1 Å². The molecule has 0 fully saturated rings. The van der Waals surface area contributed by atoms with Gasteiger partial charge in [-0.25, -0.2) is 4.39 Å². The van der Waals surface area contributed by atoms with Crippen LogP contribution in [0.5, 0.6) is 0 Å². The molecule has 1 aromatic carbocycles. The highest BCUT2D eigenvalue weighted by atomic mass is 35.5. The van der Waals surface area contributed by atoms with Crippen LogP contribution in [0.3, 0.4) is 0 Å². The van der Waals surface area contributed by atoms with Gasteiger partial charge in [-0.3, -0.25) is 4.79 Å². The quantitative estimate of drug-likeness (QED) is 0.468. The van der Waals surface area contributed by atoms with E-state index >= 15 is 0 Å². The lowest BCUT2D eigenvalue weighted by molar-refractivity contribution is -0.137. The van der Waals surface area contributed by atoms with Crippen molar-refractivity contribution in [3.63, 3.8) is 0 Å². The Morgan fingerprint density at radius 2 is 2.00 bits per heavy atom. The number of carbonyl (C=O) groups is 1. The lowest BCUT2D eigenvalue weighted by Gasteiger charge is -2.12. The summed E-state index contributed by atoms with van der Waals surface area (Å²) in [6, 6.07) is 1.95. The van der Waals surface area contributed by atoms with E-state index in [1.165, 1.54) is 6.07 Å². The summed E-state index contributed by atoms with van der Waals surface area (Å²) in [6.45, 7) is 0. The minimum Gasteiger partial charge on any atom is -0.293 e. The van der Waals surface area contributed by atoms with Crippen molar-refractivity contribution >= 4 is 17.4 Å². The molecule has 0 aliphatic heterocycles. The Balaban J connectivity index is 3.54. The van der Waals surface area contributed by atoms with E-state index in [1.54, 1.807) is 0 Å². The van der Waals surface area contributed by atoms with E-state index in [9.17, 15) is 22.4 Å². The number of halogens is 5. The number of carbonyl (C=O) groups excluding carboxylic acids is 1. The van der Waals surface area contributed by atoms with Gasteiger partial charge in [0.25, 0.3) is 0 Å². The Morgan fingerprint density at radius 3 is 2.41 bits per heavy atom. The molecule has 0 unspecified atom stereocenters. The first kappa shape index (κ1) is 13.5. The molecule has 0 aliphatic carbocycles. The number of hydrogen-bond acceptors (Lipinski definition) is 2. The van der Waals surface area contributed by atoms with Crippen LogP contribution in [0, 0.1) is 17.1 Å². The van der Waals surface area contributed by atoms with Crippen molar-refractivity contribution in [1.82, 2.24) is 0 Å². The molecule has 0 radical (unpaired) electrons. The minimum atomic E-state index is -4.85. The predicted octanol–water partition coefficient (Wildman–Crippen LogP) is 3.14. The second kappa shape index (κ2) is 4.72. The smallest absolute Gasteiger partial charge is 0.293 e. The van der Waals surface area contributed by atoms with Crippen LogP contribution in [-0.2, 0) is 6.18 Å². The third kappa shape index (κ3) is 2.74. The van der Waals surface area contributed by atoms with Gasteiger partial charge in [0.2, 0.25) is 0 Å². The molecule has 90 valence electrons. The molecule has 0 spiro atoms. The maximum atomic E-state index is 13.1. The number of hydrogen-bond donors (Lipinski definition) is 0. The van der Waals surface area contributed by atoms with Crippen LogP contribution in [0.15, 0.2) is 12.1 Å². The number of nitriles is 1. The molecule has 0 aromatic heterocycles. The first-order valence-corrected chi connectivity index (χ1v) is 4.74. The Bertz CT molecular complexity index is 504. The van der Waals surface area contributed by atoms with Gasteiger partial charge in [-0.15, -0.1) is 11.6 Å². The second-order valence-corrected chi connectivity index (χ2v) is 3.31. The summed E-state index contributed by atoms with van der Waals surface area (Å²) in [7, 11) is 0. The molecule has 0 amide bonds. The summed E-state index contributed by atoms with van der Waals surface area (Å²) in [5.41, 5.74) is -3.01. The predicted molar refractivity (Wildman–Crippen MR) is 51.2 cm³/mol. The average Bonchev–Trinajstić information content (AvgIpc) is 2.26. The maximum Gasteiger partial charge on any atom is 0.417 e. The van der Waals surface area contributed by atoms with Crippen molar-refractivity contribution in [2.75, 3.05) is 5.88 Å². The van der Waals surface area contributed by atoms with Gasteiger partial charge < -0.3 is 0 Å². The standard InChI is InChI=1S/C10H4ClF4NO/c11-3-9(17)6-2-8(12)5(4-16)1-7(6)10(13,14)15/h1-2H,3H2. The van der Waals surface area contributed by atoms with E-state index in [1.807, 2.05) is 0 Å². The molecule has 7 heteroatoms. The number of rotatable bonds is 2. The molecule has 0 heterocycles. The first-order chi connectivity index (χ1) is 7.81. The highest BCUT2D eigenvalue weighted by Crippen LogP contribution is 2.33. The number of ketones is 1. The van der Waals surface area contributed by atoms with Crippen molar-refractivity contribution in [1.29, 1.82) is 5.26 Å². The summed E-state index contributed by atoms with van der Waals surface area (Å²) in [5, 5.41) is 8.43. The fourth-order valence-corrected chi connectivity index (χ4v) is 1.34.